The highest BCUT2D eigenvalue weighted by atomic mass is 35.5. The van der Waals surface area contributed by atoms with E-state index in [0.29, 0.717) is 27.6 Å². The zero-order chi connectivity index (χ0) is 22.7. The molecule has 0 unspecified atom stereocenters. The highest BCUT2D eigenvalue weighted by Crippen LogP contribution is 2.34. The lowest BCUT2D eigenvalue weighted by Crippen LogP contribution is -2.25. The van der Waals surface area contributed by atoms with E-state index >= 15 is 0 Å². The Morgan fingerprint density at radius 1 is 1.00 bits per heavy atom. The summed E-state index contributed by atoms with van der Waals surface area (Å²) in [5.41, 5.74) is 1.83. The number of amides is 1. The zero-order valence-corrected chi connectivity index (χ0v) is 18.3. The van der Waals surface area contributed by atoms with Gasteiger partial charge in [0.2, 0.25) is 5.43 Å². The number of para-hydroxylation sites is 1. The average Bonchev–Trinajstić information content (AvgIpc) is 2.82. The number of methoxy groups -OCH3 is 1. The molecular formula is C25H20ClN3O3. The SMILES string of the molecule is COc1ccccc1-c1c(NC(=O)c2ccccc2)n(-c2cccc(Cl)c2)nc(C)c1=O. The van der Waals surface area contributed by atoms with Gasteiger partial charge in [-0.2, -0.15) is 5.10 Å². The summed E-state index contributed by atoms with van der Waals surface area (Å²) in [7, 11) is 1.53. The summed E-state index contributed by atoms with van der Waals surface area (Å²) in [6, 6.07) is 22.9. The second-order valence-electron chi connectivity index (χ2n) is 7.05. The lowest BCUT2D eigenvalue weighted by Gasteiger charge is -2.19. The fraction of sp³-hybridized carbons (Fsp3) is 0.0800. The molecule has 1 N–H and O–H groups in total. The monoisotopic (exact) mass is 445 g/mol. The first-order valence-electron chi connectivity index (χ1n) is 9.89. The van der Waals surface area contributed by atoms with Crippen molar-refractivity contribution >= 4 is 23.3 Å². The van der Waals surface area contributed by atoms with Gasteiger partial charge in [0.05, 0.1) is 18.4 Å². The first kappa shape index (κ1) is 21.3. The molecular weight excluding hydrogens is 426 g/mol. The number of hydrogen-bond donors (Lipinski definition) is 1. The molecule has 0 fully saturated rings. The van der Waals surface area contributed by atoms with Gasteiger partial charge in [0, 0.05) is 16.1 Å². The molecule has 0 saturated heterocycles. The van der Waals surface area contributed by atoms with Crippen LogP contribution in [0.15, 0.2) is 83.7 Å². The lowest BCUT2D eigenvalue weighted by molar-refractivity contribution is 0.102. The summed E-state index contributed by atoms with van der Waals surface area (Å²) >= 11 is 6.21. The summed E-state index contributed by atoms with van der Waals surface area (Å²) in [6.45, 7) is 1.63. The Labute approximate surface area is 190 Å². The molecule has 0 spiro atoms. The maximum absolute atomic E-state index is 13.3. The Kier molecular flexibility index (Phi) is 6.05. The van der Waals surface area contributed by atoms with Crippen LogP contribution in [0.3, 0.4) is 0 Å². The molecule has 0 aliphatic heterocycles. The summed E-state index contributed by atoms with van der Waals surface area (Å²) < 4.78 is 7.02. The van der Waals surface area contributed by atoms with Crippen molar-refractivity contribution in [2.24, 2.45) is 0 Å². The van der Waals surface area contributed by atoms with Crippen LogP contribution in [0.2, 0.25) is 5.02 Å². The highest BCUT2D eigenvalue weighted by Gasteiger charge is 2.23. The molecule has 0 aliphatic carbocycles. The smallest absolute Gasteiger partial charge is 0.256 e. The van der Waals surface area contributed by atoms with Crippen LogP contribution in [0.25, 0.3) is 16.8 Å². The second-order valence-corrected chi connectivity index (χ2v) is 7.49. The quantitative estimate of drug-likeness (QED) is 0.462. The fourth-order valence-corrected chi connectivity index (χ4v) is 3.60. The molecule has 1 heterocycles. The number of ether oxygens (including phenoxy) is 1. The Morgan fingerprint density at radius 3 is 2.44 bits per heavy atom. The van der Waals surface area contributed by atoms with Crippen LogP contribution >= 0.6 is 11.6 Å². The molecule has 1 aromatic heterocycles. The third-order valence-electron chi connectivity index (χ3n) is 4.95. The van der Waals surface area contributed by atoms with E-state index in [1.807, 2.05) is 12.1 Å². The number of anilines is 1. The van der Waals surface area contributed by atoms with E-state index in [1.165, 1.54) is 11.8 Å². The van der Waals surface area contributed by atoms with E-state index in [0.717, 1.165) is 0 Å². The number of benzene rings is 3. The standard InChI is InChI=1S/C25H20ClN3O3/c1-16-23(30)22(20-13-6-7-14-21(20)32-2)24(27-25(31)17-9-4-3-5-10-17)29(28-16)19-12-8-11-18(26)15-19/h3-15H,1-2H3,(H,27,31). The van der Waals surface area contributed by atoms with Crippen molar-refractivity contribution in [3.63, 3.8) is 0 Å². The van der Waals surface area contributed by atoms with Gasteiger partial charge in [0.25, 0.3) is 5.91 Å². The average molecular weight is 446 g/mol. The van der Waals surface area contributed by atoms with Gasteiger partial charge in [-0.1, -0.05) is 54.1 Å². The number of nitrogens with one attached hydrogen (secondary N) is 1. The van der Waals surface area contributed by atoms with Crippen molar-refractivity contribution in [3.05, 3.63) is 105 Å². The van der Waals surface area contributed by atoms with E-state index in [9.17, 15) is 9.59 Å². The topological polar surface area (TPSA) is 73.2 Å². The summed E-state index contributed by atoms with van der Waals surface area (Å²) in [5.74, 6) is 0.354. The van der Waals surface area contributed by atoms with Gasteiger partial charge < -0.3 is 10.1 Å². The van der Waals surface area contributed by atoms with Crippen LogP contribution in [0.5, 0.6) is 5.75 Å². The molecule has 32 heavy (non-hydrogen) atoms. The lowest BCUT2D eigenvalue weighted by atomic mass is 10.0. The maximum Gasteiger partial charge on any atom is 0.256 e. The van der Waals surface area contributed by atoms with E-state index < -0.39 is 0 Å². The number of nitrogens with zero attached hydrogens (tertiary/aromatic N) is 2. The first-order chi connectivity index (χ1) is 15.5. The Morgan fingerprint density at radius 2 is 1.72 bits per heavy atom. The molecule has 0 saturated carbocycles. The van der Waals surface area contributed by atoms with Gasteiger partial charge in [0.15, 0.2) is 0 Å². The van der Waals surface area contributed by atoms with Crippen LogP contribution in [0.1, 0.15) is 16.1 Å². The molecule has 3 aromatic carbocycles. The van der Waals surface area contributed by atoms with Crippen molar-refractivity contribution in [3.8, 4) is 22.6 Å². The van der Waals surface area contributed by atoms with Gasteiger partial charge in [-0.15, -0.1) is 0 Å². The normalized spacial score (nSPS) is 10.6. The van der Waals surface area contributed by atoms with Crippen LogP contribution < -0.4 is 15.5 Å². The van der Waals surface area contributed by atoms with Crippen molar-refractivity contribution in [1.82, 2.24) is 9.78 Å². The zero-order valence-electron chi connectivity index (χ0n) is 17.5. The Balaban J connectivity index is 2.02. The van der Waals surface area contributed by atoms with Crippen molar-refractivity contribution < 1.29 is 9.53 Å². The predicted octanol–water partition coefficient (Wildman–Crippen LogP) is 5.12. The minimum Gasteiger partial charge on any atom is -0.496 e. The van der Waals surface area contributed by atoms with Gasteiger partial charge in [0.1, 0.15) is 17.3 Å². The third kappa shape index (κ3) is 4.13. The molecule has 0 aliphatic rings. The summed E-state index contributed by atoms with van der Waals surface area (Å²) in [4.78, 5) is 26.4. The van der Waals surface area contributed by atoms with Gasteiger partial charge >= 0.3 is 0 Å². The van der Waals surface area contributed by atoms with Crippen LogP contribution in [-0.2, 0) is 0 Å². The Hall–Kier alpha value is -3.90. The molecule has 4 aromatic rings. The van der Waals surface area contributed by atoms with E-state index in [4.69, 9.17) is 16.3 Å². The first-order valence-corrected chi connectivity index (χ1v) is 10.3. The second kappa shape index (κ2) is 9.08. The van der Waals surface area contributed by atoms with Gasteiger partial charge in [-0.25, -0.2) is 4.68 Å². The van der Waals surface area contributed by atoms with Gasteiger partial charge in [-0.05, 0) is 43.3 Å². The molecule has 4 rings (SSSR count). The highest BCUT2D eigenvalue weighted by molar-refractivity contribution is 6.30. The number of halogens is 1. The minimum atomic E-state index is -0.373. The third-order valence-corrected chi connectivity index (χ3v) is 5.19. The van der Waals surface area contributed by atoms with Crippen molar-refractivity contribution in [2.45, 2.75) is 6.92 Å². The fourth-order valence-electron chi connectivity index (χ4n) is 3.42. The number of carbonyl (C=O) groups is 1. The predicted molar refractivity (Wildman–Crippen MR) is 126 cm³/mol. The molecule has 1 amide bonds. The number of carbonyl (C=O) groups excluding carboxylic acids is 1. The van der Waals surface area contributed by atoms with Crippen LogP contribution in [0.4, 0.5) is 5.82 Å². The molecule has 0 atom stereocenters. The minimum absolute atomic E-state index is 0.223. The van der Waals surface area contributed by atoms with Crippen molar-refractivity contribution in [2.75, 3.05) is 12.4 Å². The van der Waals surface area contributed by atoms with E-state index in [1.54, 1.807) is 73.7 Å². The summed E-state index contributed by atoms with van der Waals surface area (Å²) in [6.07, 6.45) is 0. The molecule has 6 nitrogen and oxygen atoms in total. The van der Waals surface area contributed by atoms with Gasteiger partial charge in [-0.3, -0.25) is 9.59 Å². The summed E-state index contributed by atoms with van der Waals surface area (Å²) in [5, 5.41) is 7.86. The molecule has 0 bridgehead atoms. The number of aryl methyl sites for hydroxylation is 1. The van der Waals surface area contributed by atoms with Crippen LogP contribution in [-0.4, -0.2) is 22.8 Å². The maximum atomic E-state index is 13.3. The largest absolute Gasteiger partial charge is 0.496 e. The number of hydrogen-bond acceptors (Lipinski definition) is 4. The number of rotatable bonds is 5. The molecule has 0 radical (unpaired) electrons. The molecule has 7 heteroatoms. The van der Waals surface area contributed by atoms with Crippen LogP contribution in [0, 0.1) is 6.92 Å². The van der Waals surface area contributed by atoms with E-state index in [2.05, 4.69) is 10.4 Å². The number of aromatic nitrogens is 2. The molecule has 160 valence electrons. The van der Waals surface area contributed by atoms with E-state index in [-0.39, 0.29) is 28.4 Å². The van der Waals surface area contributed by atoms with Crippen molar-refractivity contribution in [1.29, 1.82) is 0 Å². The Bertz CT molecular complexity index is 1350.